The number of rotatable bonds is 3. The lowest BCUT2D eigenvalue weighted by Gasteiger charge is -2.19. The van der Waals surface area contributed by atoms with E-state index in [1.807, 2.05) is 19.2 Å². The molecule has 30 heavy (non-hydrogen) atoms. The zero-order chi connectivity index (χ0) is 21.4. The van der Waals surface area contributed by atoms with Crippen molar-refractivity contribution < 1.29 is 9.59 Å². The number of carbonyl (C=O) groups excluding carboxylic acids is 2. The summed E-state index contributed by atoms with van der Waals surface area (Å²) in [4.78, 5) is 39.4. The third-order valence-electron chi connectivity index (χ3n) is 5.47. The van der Waals surface area contributed by atoms with Crippen molar-refractivity contribution in [1.82, 2.24) is 20.6 Å². The fourth-order valence-electron chi connectivity index (χ4n) is 3.83. The van der Waals surface area contributed by atoms with Crippen molar-refractivity contribution in [2.45, 2.75) is 46.1 Å². The first-order valence-corrected chi connectivity index (χ1v) is 11.0. The first-order chi connectivity index (χ1) is 14.4. The van der Waals surface area contributed by atoms with Crippen LogP contribution in [-0.4, -0.2) is 21.6 Å². The minimum absolute atomic E-state index is 0.0976. The summed E-state index contributed by atoms with van der Waals surface area (Å²) in [6.07, 6.45) is 2.93. The minimum Gasteiger partial charge on any atom is -0.267 e. The van der Waals surface area contributed by atoms with Gasteiger partial charge in [0, 0.05) is 15.6 Å². The molecule has 0 aliphatic heterocycles. The van der Waals surface area contributed by atoms with Crippen LogP contribution in [0.4, 0.5) is 0 Å². The third kappa shape index (κ3) is 3.63. The van der Waals surface area contributed by atoms with Crippen molar-refractivity contribution in [2.24, 2.45) is 5.92 Å². The monoisotopic (exact) mass is 424 g/mol. The molecule has 1 aliphatic rings. The van der Waals surface area contributed by atoms with Crippen molar-refractivity contribution in [3.05, 3.63) is 61.7 Å². The number of nitrogens with zero attached hydrogens (tertiary/aromatic N) is 2. The lowest BCUT2D eigenvalue weighted by molar-refractivity contribution is 0.0843. The maximum atomic E-state index is 12.8. The zero-order valence-electron chi connectivity index (χ0n) is 17.2. The van der Waals surface area contributed by atoms with Crippen molar-refractivity contribution >= 4 is 33.9 Å². The van der Waals surface area contributed by atoms with Gasteiger partial charge in [0.2, 0.25) is 0 Å². The van der Waals surface area contributed by atoms with Crippen LogP contribution in [0.15, 0.2) is 34.4 Å². The standard InChI is InChI=1S/C22H24N4O3S/c1-12(2)26-22(29)16-7-5-4-6-15(16)19(25-26)21(28)24-23-20(27)17-11-30-18-10-13(3)8-9-14(17)18/h4-7,11-13H,8-10H2,1-3H3,(H,23,27)(H,24,28). The molecule has 8 heteroatoms. The van der Waals surface area contributed by atoms with E-state index in [9.17, 15) is 14.4 Å². The van der Waals surface area contributed by atoms with Crippen LogP contribution in [0.3, 0.4) is 0 Å². The average Bonchev–Trinajstić information content (AvgIpc) is 3.15. The van der Waals surface area contributed by atoms with Gasteiger partial charge < -0.3 is 0 Å². The summed E-state index contributed by atoms with van der Waals surface area (Å²) in [5.74, 6) is -0.272. The van der Waals surface area contributed by atoms with Gasteiger partial charge in [0.25, 0.3) is 17.4 Å². The Labute approximate surface area is 178 Å². The Kier molecular flexibility index (Phi) is 5.42. The molecule has 0 saturated heterocycles. The quantitative estimate of drug-likeness (QED) is 0.631. The Morgan fingerprint density at radius 3 is 2.60 bits per heavy atom. The number of aromatic nitrogens is 2. The number of fused-ring (bicyclic) bond motifs is 2. The number of benzene rings is 1. The van der Waals surface area contributed by atoms with E-state index in [4.69, 9.17) is 0 Å². The fraction of sp³-hybridized carbons (Fsp3) is 0.364. The number of amides is 2. The maximum absolute atomic E-state index is 12.8. The molecule has 1 aliphatic carbocycles. The first-order valence-electron chi connectivity index (χ1n) is 10.1. The van der Waals surface area contributed by atoms with E-state index in [2.05, 4.69) is 22.9 Å². The zero-order valence-corrected chi connectivity index (χ0v) is 18.0. The highest BCUT2D eigenvalue weighted by molar-refractivity contribution is 7.10. The lowest BCUT2D eigenvalue weighted by Crippen LogP contribution is -2.43. The number of nitrogens with one attached hydrogen (secondary N) is 2. The lowest BCUT2D eigenvalue weighted by atomic mass is 9.88. The van der Waals surface area contributed by atoms with Crippen LogP contribution >= 0.6 is 11.3 Å². The van der Waals surface area contributed by atoms with Gasteiger partial charge in [0.1, 0.15) is 0 Å². The second-order valence-corrected chi connectivity index (χ2v) is 9.01. The van der Waals surface area contributed by atoms with Crippen molar-refractivity contribution in [1.29, 1.82) is 0 Å². The highest BCUT2D eigenvalue weighted by atomic mass is 32.1. The van der Waals surface area contributed by atoms with Gasteiger partial charge in [-0.25, -0.2) is 4.68 Å². The summed E-state index contributed by atoms with van der Waals surface area (Å²) in [6.45, 7) is 5.87. The molecule has 1 aromatic carbocycles. The van der Waals surface area contributed by atoms with E-state index in [-0.39, 0.29) is 23.2 Å². The minimum atomic E-state index is -0.563. The molecule has 0 saturated carbocycles. The van der Waals surface area contributed by atoms with Gasteiger partial charge in [-0.3, -0.25) is 25.2 Å². The van der Waals surface area contributed by atoms with E-state index < -0.39 is 5.91 Å². The van der Waals surface area contributed by atoms with Crippen LogP contribution in [-0.2, 0) is 12.8 Å². The predicted molar refractivity (Wildman–Crippen MR) is 117 cm³/mol. The Bertz CT molecular complexity index is 1190. The molecule has 1 atom stereocenters. The number of hydrogen-bond acceptors (Lipinski definition) is 5. The Balaban J connectivity index is 1.58. The normalized spacial score (nSPS) is 15.8. The van der Waals surface area contributed by atoms with E-state index in [0.29, 0.717) is 22.3 Å². The molecule has 2 N–H and O–H groups in total. The van der Waals surface area contributed by atoms with Gasteiger partial charge >= 0.3 is 0 Å². The molecule has 0 fully saturated rings. The molecule has 2 heterocycles. The topological polar surface area (TPSA) is 93.1 Å². The van der Waals surface area contributed by atoms with E-state index in [0.717, 1.165) is 24.8 Å². The Hall–Kier alpha value is -3.00. The van der Waals surface area contributed by atoms with Crippen LogP contribution in [0.5, 0.6) is 0 Å². The van der Waals surface area contributed by atoms with Crippen LogP contribution in [0.1, 0.15) is 64.5 Å². The van der Waals surface area contributed by atoms with Gasteiger partial charge in [-0.15, -0.1) is 11.3 Å². The van der Waals surface area contributed by atoms with Crippen LogP contribution in [0.25, 0.3) is 10.8 Å². The van der Waals surface area contributed by atoms with E-state index >= 15 is 0 Å². The second kappa shape index (κ2) is 8.02. The molecule has 2 amide bonds. The fourth-order valence-corrected chi connectivity index (χ4v) is 5.08. The third-order valence-corrected chi connectivity index (χ3v) is 6.52. The summed E-state index contributed by atoms with van der Waals surface area (Å²) in [5, 5.41) is 6.99. The summed E-state index contributed by atoms with van der Waals surface area (Å²) >= 11 is 1.60. The summed E-state index contributed by atoms with van der Waals surface area (Å²) < 4.78 is 1.29. The highest BCUT2D eigenvalue weighted by Crippen LogP contribution is 2.32. The summed E-state index contributed by atoms with van der Waals surface area (Å²) in [6, 6.07) is 6.64. The van der Waals surface area contributed by atoms with E-state index in [1.165, 1.54) is 9.56 Å². The largest absolute Gasteiger partial charge is 0.290 e. The average molecular weight is 425 g/mol. The smallest absolute Gasteiger partial charge is 0.267 e. The SMILES string of the molecule is CC1CCc2c(C(=O)NNC(=O)c3nn(C(C)C)c(=O)c4ccccc34)csc2C1. The summed E-state index contributed by atoms with van der Waals surface area (Å²) in [7, 11) is 0. The Morgan fingerprint density at radius 2 is 1.87 bits per heavy atom. The first kappa shape index (κ1) is 20.3. The molecular weight excluding hydrogens is 400 g/mol. The molecule has 7 nitrogen and oxygen atoms in total. The van der Waals surface area contributed by atoms with Gasteiger partial charge in [0.15, 0.2) is 5.69 Å². The molecule has 4 rings (SSSR count). The van der Waals surface area contributed by atoms with E-state index in [1.54, 1.807) is 35.6 Å². The van der Waals surface area contributed by atoms with Crippen LogP contribution < -0.4 is 16.4 Å². The molecule has 1 unspecified atom stereocenters. The van der Waals surface area contributed by atoms with Crippen molar-refractivity contribution in [3.63, 3.8) is 0 Å². The molecule has 2 aromatic heterocycles. The molecule has 3 aromatic rings. The number of carbonyl (C=O) groups is 2. The number of hydrogen-bond donors (Lipinski definition) is 2. The number of thiophene rings is 1. The van der Waals surface area contributed by atoms with Crippen molar-refractivity contribution in [2.75, 3.05) is 0 Å². The summed E-state index contributed by atoms with van der Waals surface area (Å²) in [5.41, 5.74) is 6.53. The van der Waals surface area contributed by atoms with Crippen LogP contribution in [0, 0.1) is 5.92 Å². The second-order valence-electron chi connectivity index (χ2n) is 8.04. The van der Waals surface area contributed by atoms with Gasteiger partial charge in [0.05, 0.1) is 17.0 Å². The molecule has 0 bridgehead atoms. The molecule has 0 spiro atoms. The van der Waals surface area contributed by atoms with Crippen LogP contribution in [0.2, 0.25) is 0 Å². The predicted octanol–water partition coefficient (Wildman–Crippen LogP) is 3.24. The molecular formula is C22H24N4O3S. The van der Waals surface area contributed by atoms with Gasteiger partial charge in [-0.2, -0.15) is 5.10 Å². The van der Waals surface area contributed by atoms with Gasteiger partial charge in [-0.1, -0.05) is 25.1 Å². The molecule has 156 valence electrons. The highest BCUT2D eigenvalue weighted by Gasteiger charge is 2.24. The van der Waals surface area contributed by atoms with Gasteiger partial charge in [-0.05, 0) is 50.7 Å². The number of hydrazine groups is 1. The Morgan fingerprint density at radius 1 is 1.17 bits per heavy atom. The maximum Gasteiger partial charge on any atom is 0.290 e. The molecule has 0 radical (unpaired) electrons. The van der Waals surface area contributed by atoms with Crippen molar-refractivity contribution in [3.8, 4) is 0 Å².